The molecule has 0 amide bonds. The van der Waals surface area contributed by atoms with Gasteiger partial charge in [0.1, 0.15) is 5.75 Å². The highest BCUT2D eigenvalue weighted by atomic mass is 79.9. The van der Waals surface area contributed by atoms with E-state index in [0.717, 1.165) is 24.8 Å². The van der Waals surface area contributed by atoms with Crippen molar-refractivity contribution in [3.8, 4) is 5.75 Å². The summed E-state index contributed by atoms with van der Waals surface area (Å²) in [6.45, 7) is 7.49. The number of rotatable bonds is 7. The van der Waals surface area contributed by atoms with Crippen molar-refractivity contribution in [2.24, 2.45) is 0 Å². The average molecular weight is 326 g/mol. The Morgan fingerprint density at radius 2 is 1.95 bits per heavy atom. The van der Waals surface area contributed by atoms with Gasteiger partial charge < -0.3 is 10.1 Å². The highest BCUT2D eigenvalue weighted by Crippen LogP contribution is 2.27. The molecule has 2 nitrogen and oxygen atoms in total. The summed E-state index contributed by atoms with van der Waals surface area (Å²) in [6.07, 6.45) is 5.30. The minimum atomic E-state index is 0.279. The van der Waals surface area contributed by atoms with Gasteiger partial charge in [-0.15, -0.1) is 0 Å². The van der Waals surface area contributed by atoms with Gasteiger partial charge in [-0.2, -0.15) is 0 Å². The van der Waals surface area contributed by atoms with E-state index in [1.807, 2.05) is 0 Å². The number of ether oxygens (including phenoxy) is 1. The van der Waals surface area contributed by atoms with Gasteiger partial charge in [0.25, 0.3) is 0 Å². The van der Waals surface area contributed by atoms with Gasteiger partial charge >= 0.3 is 0 Å². The molecule has 106 valence electrons. The third-order valence-corrected chi connectivity index (χ3v) is 4.80. The monoisotopic (exact) mass is 325 g/mol. The van der Waals surface area contributed by atoms with E-state index >= 15 is 0 Å². The van der Waals surface area contributed by atoms with Crippen LogP contribution in [0.5, 0.6) is 5.75 Å². The quantitative estimate of drug-likeness (QED) is 0.752. The molecule has 1 aromatic rings. The lowest BCUT2D eigenvalue weighted by Crippen LogP contribution is -2.20. The van der Waals surface area contributed by atoms with E-state index in [9.17, 15) is 0 Å². The molecule has 0 aromatic heterocycles. The summed E-state index contributed by atoms with van der Waals surface area (Å²) in [5.74, 6) is 0.987. The summed E-state index contributed by atoms with van der Waals surface area (Å²) >= 11 is 3.59. The summed E-state index contributed by atoms with van der Waals surface area (Å²) in [4.78, 5) is 0. The van der Waals surface area contributed by atoms with Crippen molar-refractivity contribution in [2.75, 3.05) is 6.54 Å². The molecule has 0 bridgehead atoms. The summed E-state index contributed by atoms with van der Waals surface area (Å²) in [7, 11) is 0. The Labute approximate surface area is 125 Å². The molecule has 1 aliphatic rings. The van der Waals surface area contributed by atoms with Crippen molar-refractivity contribution < 1.29 is 4.74 Å². The zero-order valence-electron chi connectivity index (χ0n) is 12.1. The Bertz CT molecular complexity index is 406. The van der Waals surface area contributed by atoms with Crippen molar-refractivity contribution in [1.29, 1.82) is 0 Å². The maximum absolute atomic E-state index is 6.01. The molecule has 3 heteroatoms. The SMILES string of the molecule is Cc1cc(OC(C)CCCNC2CC2)cc(C)c1Br. The van der Waals surface area contributed by atoms with Crippen LogP contribution in [0, 0.1) is 13.8 Å². The maximum Gasteiger partial charge on any atom is 0.120 e. The second kappa shape index (κ2) is 6.76. The summed E-state index contributed by atoms with van der Waals surface area (Å²) in [6, 6.07) is 5.03. The van der Waals surface area contributed by atoms with Crippen LogP contribution in [0.25, 0.3) is 0 Å². The largest absolute Gasteiger partial charge is 0.491 e. The van der Waals surface area contributed by atoms with Gasteiger partial charge in [-0.05, 0) is 76.3 Å². The molecular weight excluding hydrogens is 302 g/mol. The summed E-state index contributed by atoms with van der Waals surface area (Å²) < 4.78 is 7.19. The van der Waals surface area contributed by atoms with E-state index in [4.69, 9.17) is 4.74 Å². The molecule has 1 N–H and O–H groups in total. The first-order chi connectivity index (χ1) is 9.06. The molecule has 0 spiro atoms. The van der Waals surface area contributed by atoms with Crippen molar-refractivity contribution in [3.63, 3.8) is 0 Å². The van der Waals surface area contributed by atoms with Gasteiger partial charge in [0.2, 0.25) is 0 Å². The lowest BCUT2D eigenvalue weighted by molar-refractivity contribution is 0.207. The van der Waals surface area contributed by atoms with Gasteiger partial charge in [-0.25, -0.2) is 0 Å². The number of halogens is 1. The van der Waals surface area contributed by atoms with Crippen LogP contribution in [0.2, 0.25) is 0 Å². The van der Waals surface area contributed by atoms with Crippen molar-refractivity contribution in [3.05, 3.63) is 27.7 Å². The van der Waals surface area contributed by atoms with E-state index < -0.39 is 0 Å². The molecule has 1 atom stereocenters. The van der Waals surface area contributed by atoms with Crippen LogP contribution in [0.3, 0.4) is 0 Å². The van der Waals surface area contributed by atoms with Crippen molar-refractivity contribution in [2.45, 2.75) is 58.6 Å². The first-order valence-corrected chi connectivity index (χ1v) is 8.02. The van der Waals surface area contributed by atoms with Crippen LogP contribution < -0.4 is 10.1 Å². The minimum absolute atomic E-state index is 0.279. The molecule has 19 heavy (non-hydrogen) atoms. The molecule has 0 saturated heterocycles. The Hall–Kier alpha value is -0.540. The molecule has 0 radical (unpaired) electrons. The Morgan fingerprint density at radius 3 is 2.53 bits per heavy atom. The summed E-state index contributed by atoms with van der Waals surface area (Å²) in [5, 5.41) is 3.54. The van der Waals surface area contributed by atoms with Gasteiger partial charge in [0.15, 0.2) is 0 Å². The first-order valence-electron chi connectivity index (χ1n) is 7.23. The Morgan fingerprint density at radius 1 is 1.32 bits per heavy atom. The van der Waals surface area contributed by atoms with Crippen LogP contribution >= 0.6 is 15.9 Å². The summed E-state index contributed by atoms with van der Waals surface area (Å²) in [5.41, 5.74) is 2.47. The van der Waals surface area contributed by atoms with Gasteiger partial charge in [-0.1, -0.05) is 15.9 Å². The topological polar surface area (TPSA) is 21.3 Å². The van der Waals surface area contributed by atoms with Crippen LogP contribution in [0.15, 0.2) is 16.6 Å². The minimum Gasteiger partial charge on any atom is -0.491 e. The number of benzene rings is 1. The second-order valence-corrected chi connectivity index (χ2v) is 6.46. The molecule has 1 fully saturated rings. The molecule has 1 aliphatic carbocycles. The van der Waals surface area contributed by atoms with E-state index in [2.05, 4.69) is 54.2 Å². The van der Waals surface area contributed by atoms with E-state index in [1.165, 1.54) is 34.9 Å². The van der Waals surface area contributed by atoms with Crippen LogP contribution in [-0.4, -0.2) is 18.7 Å². The third-order valence-electron chi connectivity index (χ3n) is 3.55. The number of nitrogens with one attached hydrogen (secondary N) is 1. The average Bonchev–Trinajstić information content (AvgIpc) is 3.15. The fraction of sp³-hybridized carbons (Fsp3) is 0.625. The molecule has 0 heterocycles. The van der Waals surface area contributed by atoms with Crippen molar-refractivity contribution in [1.82, 2.24) is 5.32 Å². The van der Waals surface area contributed by atoms with Crippen LogP contribution in [0.4, 0.5) is 0 Å². The smallest absolute Gasteiger partial charge is 0.120 e. The maximum atomic E-state index is 6.01. The fourth-order valence-corrected chi connectivity index (χ4v) is 2.48. The molecular formula is C16H24BrNO. The normalized spacial score (nSPS) is 16.4. The van der Waals surface area contributed by atoms with E-state index in [0.29, 0.717) is 0 Å². The molecule has 1 unspecified atom stereocenters. The predicted octanol–water partition coefficient (Wildman–Crippen LogP) is 4.37. The highest BCUT2D eigenvalue weighted by molar-refractivity contribution is 9.10. The predicted molar refractivity (Wildman–Crippen MR) is 84.0 cm³/mol. The number of aryl methyl sites for hydroxylation is 2. The molecule has 1 aromatic carbocycles. The number of hydrogen-bond donors (Lipinski definition) is 1. The zero-order chi connectivity index (χ0) is 13.8. The third kappa shape index (κ3) is 4.81. The van der Waals surface area contributed by atoms with Crippen LogP contribution in [0.1, 0.15) is 43.7 Å². The zero-order valence-corrected chi connectivity index (χ0v) is 13.7. The number of hydrogen-bond acceptors (Lipinski definition) is 2. The Balaban J connectivity index is 1.75. The van der Waals surface area contributed by atoms with Crippen LogP contribution in [-0.2, 0) is 0 Å². The van der Waals surface area contributed by atoms with Crippen molar-refractivity contribution >= 4 is 15.9 Å². The van der Waals surface area contributed by atoms with Gasteiger partial charge in [0, 0.05) is 10.5 Å². The first kappa shape index (κ1) is 14.9. The highest BCUT2D eigenvalue weighted by Gasteiger charge is 2.19. The molecule has 1 saturated carbocycles. The van der Waals surface area contributed by atoms with E-state index in [-0.39, 0.29) is 6.10 Å². The lowest BCUT2D eigenvalue weighted by atomic mass is 10.1. The molecule has 2 rings (SSSR count). The fourth-order valence-electron chi connectivity index (χ4n) is 2.25. The van der Waals surface area contributed by atoms with Gasteiger partial charge in [0.05, 0.1) is 6.10 Å². The second-order valence-electron chi connectivity index (χ2n) is 5.67. The van der Waals surface area contributed by atoms with Gasteiger partial charge in [-0.3, -0.25) is 0 Å². The lowest BCUT2D eigenvalue weighted by Gasteiger charge is -2.16. The van der Waals surface area contributed by atoms with E-state index in [1.54, 1.807) is 0 Å². The standard InChI is InChI=1S/C16H24BrNO/c1-11-9-15(10-12(2)16(11)17)19-13(3)5-4-8-18-14-6-7-14/h9-10,13-14,18H,4-8H2,1-3H3. The molecule has 0 aliphatic heterocycles. The Kier molecular flexibility index (Phi) is 5.28.